The summed E-state index contributed by atoms with van der Waals surface area (Å²) >= 11 is 5.68. The number of aromatic nitrogens is 2. The molecule has 0 saturated carbocycles. The van der Waals surface area contributed by atoms with E-state index in [9.17, 15) is 0 Å². The van der Waals surface area contributed by atoms with Gasteiger partial charge in [0, 0.05) is 0 Å². The molecule has 0 unspecified atom stereocenters. The Morgan fingerprint density at radius 2 is 2.25 bits per heavy atom. The van der Waals surface area contributed by atoms with Crippen LogP contribution in [0.3, 0.4) is 0 Å². The lowest BCUT2D eigenvalue weighted by molar-refractivity contribution is 0.240. The lowest BCUT2D eigenvalue weighted by Crippen LogP contribution is -2.30. The van der Waals surface area contributed by atoms with Gasteiger partial charge in [-0.1, -0.05) is 11.6 Å². The molecule has 0 bridgehead atoms. The largest absolute Gasteiger partial charge is 0.463 e. The van der Waals surface area contributed by atoms with Crippen LogP contribution in [-0.2, 0) is 0 Å². The predicted octanol–water partition coefficient (Wildman–Crippen LogP) is 1.90. The first-order valence-electron chi connectivity index (χ1n) is 5.65. The van der Waals surface area contributed by atoms with Crippen LogP contribution < -0.4 is 10.1 Å². The van der Waals surface area contributed by atoms with Gasteiger partial charge in [0.15, 0.2) is 0 Å². The molecule has 0 radical (unpaired) electrons. The van der Waals surface area contributed by atoms with Crippen LogP contribution in [0.2, 0.25) is 5.02 Å². The van der Waals surface area contributed by atoms with Gasteiger partial charge in [-0.25, -0.2) is 9.97 Å². The van der Waals surface area contributed by atoms with Crippen molar-refractivity contribution in [3.8, 4) is 6.01 Å². The van der Waals surface area contributed by atoms with E-state index in [1.807, 2.05) is 0 Å². The molecule has 0 amide bonds. The van der Waals surface area contributed by atoms with Gasteiger partial charge in [0.1, 0.15) is 0 Å². The first-order chi connectivity index (χ1) is 7.84. The molecule has 1 N–H and O–H groups in total. The van der Waals surface area contributed by atoms with Crippen LogP contribution in [-0.4, -0.2) is 29.7 Å². The molecule has 2 rings (SSSR count). The van der Waals surface area contributed by atoms with Crippen LogP contribution in [0.5, 0.6) is 6.01 Å². The van der Waals surface area contributed by atoms with E-state index < -0.39 is 0 Å². The average molecular weight is 242 g/mol. The second kappa shape index (κ2) is 6.01. The molecule has 1 aliphatic rings. The van der Waals surface area contributed by atoms with Gasteiger partial charge in [0.25, 0.3) is 0 Å². The van der Waals surface area contributed by atoms with Crippen molar-refractivity contribution in [1.82, 2.24) is 15.3 Å². The zero-order valence-corrected chi connectivity index (χ0v) is 9.91. The Kier molecular flexibility index (Phi) is 4.36. The summed E-state index contributed by atoms with van der Waals surface area (Å²) in [6, 6.07) is 0.410. The van der Waals surface area contributed by atoms with Gasteiger partial charge >= 0.3 is 6.01 Å². The molecule has 4 nitrogen and oxygen atoms in total. The number of nitrogens with one attached hydrogen (secondary N) is 1. The van der Waals surface area contributed by atoms with Crippen LogP contribution in [0, 0.1) is 5.92 Å². The van der Waals surface area contributed by atoms with Gasteiger partial charge in [-0.05, 0) is 38.3 Å². The summed E-state index contributed by atoms with van der Waals surface area (Å²) in [6.07, 6.45) is 6.71. The van der Waals surface area contributed by atoms with Crippen molar-refractivity contribution >= 4 is 11.6 Å². The minimum Gasteiger partial charge on any atom is -0.463 e. The Balaban J connectivity index is 1.69. The molecule has 1 atom stereocenters. The summed E-state index contributed by atoms with van der Waals surface area (Å²) in [7, 11) is 0. The highest BCUT2D eigenvalue weighted by atomic mass is 35.5. The van der Waals surface area contributed by atoms with Gasteiger partial charge in [-0.15, -0.1) is 0 Å². The first kappa shape index (κ1) is 11.6. The third-order valence-corrected chi connectivity index (χ3v) is 2.95. The highest BCUT2D eigenvalue weighted by molar-refractivity contribution is 6.30. The Morgan fingerprint density at radius 3 is 2.94 bits per heavy atom. The molecule has 1 aliphatic heterocycles. The molecule has 0 spiro atoms. The van der Waals surface area contributed by atoms with Crippen molar-refractivity contribution in [2.24, 2.45) is 5.92 Å². The normalized spacial score (nSPS) is 20.7. The predicted molar refractivity (Wildman–Crippen MR) is 62.7 cm³/mol. The Labute approximate surface area is 100 Å². The Hall–Kier alpha value is -0.870. The number of nitrogens with zero attached hydrogens (tertiary/aromatic N) is 2. The molecule has 1 aromatic heterocycles. The molecule has 16 heavy (non-hydrogen) atoms. The highest BCUT2D eigenvalue weighted by Gasteiger charge is 2.12. The van der Waals surface area contributed by atoms with E-state index in [4.69, 9.17) is 16.3 Å². The minimum atomic E-state index is 0.410. The van der Waals surface area contributed by atoms with Crippen molar-refractivity contribution in [3.63, 3.8) is 0 Å². The summed E-state index contributed by atoms with van der Waals surface area (Å²) < 4.78 is 5.46. The van der Waals surface area contributed by atoms with E-state index in [2.05, 4.69) is 15.3 Å². The molecular weight excluding hydrogens is 226 g/mol. The number of ether oxygens (including phenoxy) is 1. The van der Waals surface area contributed by atoms with Gasteiger partial charge in [-0.3, -0.25) is 0 Å². The molecule has 0 aliphatic carbocycles. The summed E-state index contributed by atoms with van der Waals surface area (Å²) in [5, 5.41) is 3.92. The SMILES string of the molecule is Clc1cnc(OCC[C@H]2CCCNC2)nc1. The van der Waals surface area contributed by atoms with E-state index >= 15 is 0 Å². The van der Waals surface area contributed by atoms with Gasteiger partial charge in [-0.2, -0.15) is 0 Å². The fourth-order valence-electron chi connectivity index (χ4n) is 1.86. The number of halogens is 1. The van der Waals surface area contributed by atoms with E-state index in [0.717, 1.165) is 25.4 Å². The van der Waals surface area contributed by atoms with Crippen LogP contribution in [0.15, 0.2) is 12.4 Å². The topological polar surface area (TPSA) is 47.0 Å². The second-order valence-corrected chi connectivity index (χ2v) is 4.47. The van der Waals surface area contributed by atoms with Gasteiger partial charge in [0.05, 0.1) is 24.0 Å². The number of hydrogen-bond acceptors (Lipinski definition) is 4. The molecule has 5 heteroatoms. The molecule has 2 heterocycles. The van der Waals surface area contributed by atoms with E-state index in [1.165, 1.54) is 12.8 Å². The Morgan fingerprint density at radius 1 is 1.44 bits per heavy atom. The van der Waals surface area contributed by atoms with E-state index in [1.54, 1.807) is 12.4 Å². The highest BCUT2D eigenvalue weighted by Crippen LogP contribution is 2.14. The standard InChI is InChI=1S/C11H16ClN3O/c12-10-7-14-11(15-8-10)16-5-3-9-2-1-4-13-6-9/h7-9,13H,1-6H2/t9-/m1/s1. The maximum absolute atomic E-state index is 5.68. The lowest BCUT2D eigenvalue weighted by Gasteiger charge is -2.22. The van der Waals surface area contributed by atoms with Crippen LogP contribution in [0.25, 0.3) is 0 Å². The summed E-state index contributed by atoms with van der Waals surface area (Å²) in [4.78, 5) is 7.96. The van der Waals surface area contributed by atoms with E-state index in [-0.39, 0.29) is 0 Å². The molecule has 1 saturated heterocycles. The molecule has 88 valence electrons. The zero-order valence-electron chi connectivity index (χ0n) is 9.16. The van der Waals surface area contributed by atoms with Crippen molar-refractivity contribution in [2.75, 3.05) is 19.7 Å². The maximum Gasteiger partial charge on any atom is 0.316 e. The average Bonchev–Trinajstić information content (AvgIpc) is 2.33. The number of piperidine rings is 1. The summed E-state index contributed by atoms with van der Waals surface area (Å²) in [5.41, 5.74) is 0. The van der Waals surface area contributed by atoms with Crippen LogP contribution in [0.1, 0.15) is 19.3 Å². The van der Waals surface area contributed by atoms with Crippen molar-refractivity contribution in [3.05, 3.63) is 17.4 Å². The summed E-state index contributed by atoms with van der Waals surface area (Å²) in [6.45, 7) is 2.93. The maximum atomic E-state index is 5.68. The number of hydrogen-bond donors (Lipinski definition) is 1. The lowest BCUT2D eigenvalue weighted by atomic mass is 9.97. The second-order valence-electron chi connectivity index (χ2n) is 4.03. The fraction of sp³-hybridized carbons (Fsp3) is 0.636. The monoisotopic (exact) mass is 241 g/mol. The minimum absolute atomic E-state index is 0.410. The zero-order chi connectivity index (χ0) is 11.2. The molecule has 1 fully saturated rings. The van der Waals surface area contributed by atoms with Crippen LogP contribution >= 0.6 is 11.6 Å². The van der Waals surface area contributed by atoms with Gasteiger partial charge in [0.2, 0.25) is 0 Å². The molecule has 0 aromatic carbocycles. The molecule has 1 aromatic rings. The molecular formula is C11H16ClN3O. The van der Waals surface area contributed by atoms with Crippen LogP contribution in [0.4, 0.5) is 0 Å². The van der Waals surface area contributed by atoms with Crippen molar-refractivity contribution in [1.29, 1.82) is 0 Å². The van der Waals surface area contributed by atoms with Crippen molar-refractivity contribution in [2.45, 2.75) is 19.3 Å². The third-order valence-electron chi connectivity index (χ3n) is 2.75. The van der Waals surface area contributed by atoms with E-state index in [0.29, 0.717) is 17.6 Å². The first-order valence-corrected chi connectivity index (χ1v) is 6.03. The third kappa shape index (κ3) is 3.61. The van der Waals surface area contributed by atoms with Crippen molar-refractivity contribution < 1.29 is 4.74 Å². The quantitative estimate of drug-likeness (QED) is 0.875. The van der Waals surface area contributed by atoms with Gasteiger partial charge < -0.3 is 10.1 Å². The Bertz CT molecular complexity index is 312. The summed E-state index contributed by atoms with van der Waals surface area (Å²) in [5.74, 6) is 0.723. The smallest absolute Gasteiger partial charge is 0.316 e. The fourth-order valence-corrected chi connectivity index (χ4v) is 1.96. The number of rotatable bonds is 4.